The molecule has 1 aliphatic heterocycles. The van der Waals surface area contributed by atoms with Gasteiger partial charge in [0.1, 0.15) is 0 Å². The SMILES string of the molecule is Cc1cccn2nc([C@H]3CCC(C(=O)c4cnn5ccccc45)CCCC4=C3CC=CN4)cc12. The van der Waals surface area contributed by atoms with Gasteiger partial charge in [-0.3, -0.25) is 4.79 Å². The van der Waals surface area contributed by atoms with E-state index < -0.39 is 0 Å². The average Bonchev–Trinajstić information content (AvgIpc) is 3.50. The number of dihydropyridines is 1. The number of nitrogens with one attached hydrogen (secondary N) is 1. The minimum atomic E-state index is -0.0104. The molecule has 1 aliphatic carbocycles. The van der Waals surface area contributed by atoms with E-state index in [-0.39, 0.29) is 17.6 Å². The van der Waals surface area contributed by atoms with E-state index in [4.69, 9.17) is 5.10 Å². The molecule has 0 aromatic carbocycles. The molecule has 2 aliphatic rings. The summed E-state index contributed by atoms with van der Waals surface area (Å²) >= 11 is 0. The molecule has 0 radical (unpaired) electrons. The predicted octanol–water partition coefficient (Wildman–Crippen LogP) is 5.60. The van der Waals surface area contributed by atoms with E-state index in [2.05, 4.69) is 41.7 Å². The second-order valence-corrected chi connectivity index (χ2v) is 9.52. The second kappa shape index (κ2) is 8.60. The van der Waals surface area contributed by atoms with Gasteiger partial charge in [0.2, 0.25) is 0 Å². The molecule has 0 saturated carbocycles. The first-order valence-corrected chi connectivity index (χ1v) is 12.2. The van der Waals surface area contributed by atoms with Gasteiger partial charge >= 0.3 is 0 Å². The molecule has 2 atom stereocenters. The number of allylic oxidation sites excluding steroid dienone is 3. The minimum Gasteiger partial charge on any atom is -0.365 e. The Balaban J connectivity index is 1.35. The van der Waals surface area contributed by atoms with Gasteiger partial charge in [-0.15, -0.1) is 0 Å². The van der Waals surface area contributed by atoms with Gasteiger partial charge in [0.25, 0.3) is 0 Å². The lowest BCUT2D eigenvalue weighted by molar-refractivity contribution is 0.0904. The monoisotopic (exact) mass is 451 g/mol. The number of pyridine rings is 2. The van der Waals surface area contributed by atoms with Crippen LogP contribution < -0.4 is 5.32 Å². The number of aromatic nitrogens is 4. The normalized spacial score (nSPS) is 21.1. The summed E-state index contributed by atoms with van der Waals surface area (Å²) in [6, 6.07) is 12.3. The lowest BCUT2D eigenvalue weighted by Crippen LogP contribution is -2.17. The maximum atomic E-state index is 13.7. The van der Waals surface area contributed by atoms with Crippen molar-refractivity contribution in [2.45, 2.75) is 51.4 Å². The van der Waals surface area contributed by atoms with Crippen molar-refractivity contribution in [1.29, 1.82) is 0 Å². The first kappa shape index (κ1) is 20.9. The van der Waals surface area contributed by atoms with Crippen molar-refractivity contribution in [3.05, 3.63) is 95.4 Å². The van der Waals surface area contributed by atoms with E-state index in [9.17, 15) is 4.79 Å². The molecule has 6 nitrogen and oxygen atoms in total. The Morgan fingerprint density at radius 2 is 1.97 bits per heavy atom. The van der Waals surface area contributed by atoms with Gasteiger partial charge in [-0.25, -0.2) is 9.03 Å². The number of ketones is 1. The van der Waals surface area contributed by atoms with Crippen molar-refractivity contribution in [2.75, 3.05) is 0 Å². The summed E-state index contributed by atoms with van der Waals surface area (Å²) in [6.07, 6.45) is 15.5. The summed E-state index contributed by atoms with van der Waals surface area (Å²) in [5.74, 6) is 0.407. The van der Waals surface area contributed by atoms with Gasteiger partial charge in [-0.05, 0) is 87.1 Å². The smallest absolute Gasteiger partial charge is 0.169 e. The molecule has 5 heterocycles. The number of nitrogens with zero attached hydrogens (tertiary/aromatic N) is 4. The Labute approximate surface area is 199 Å². The zero-order valence-electron chi connectivity index (χ0n) is 19.4. The summed E-state index contributed by atoms with van der Waals surface area (Å²) < 4.78 is 3.78. The lowest BCUT2D eigenvalue weighted by Gasteiger charge is -2.24. The van der Waals surface area contributed by atoms with Gasteiger partial charge in [0, 0.05) is 29.9 Å². The van der Waals surface area contributed by atoms with E-state index in [0.29, 0.717) is 0 Å². The first-order chi connectivity index (χ1) is 16.7. The fourth-order valence-corrected chi connectivity index (χ4v) is 5.64. The van der Waals surface area contributed by atoms with E-state index in [0.717, 1.165) is 60.8 Å². The highest BCUT2D eigenvalue weighted by molar-refractivity contribution is 6.03. The summed E-state index contributed by atoms with van der Waals surface area (Å²) in [6.45, 7) is 2.13. The fraction of sp³-hybridized carbons (Fsp3) is 0.321. The Bertz CT molecular complexity index is 1440. The number of carbonyl (C=O) groups excluding carboxylic acids is 1. The van der Waals surface area contributed by atoms with Crippen LogP contribution in [0.25, 0.3) is 11.0 Å². The van der Waals surface area contributed by atoms with Crippen LogP contribution in [0, 0.1) is 12.8 Å². The molecule has 6 rings (SSSR count). The van der Waals surface area contributed by atoms with Crippen molar-refractivity contribution in [3.63, 3.8) is 0 Å². The van der Waals surface area contributed by atoms with Crippen molar-refractivity contribution >= 4 is 16.8 Å². The molecule has 0 bridgehead atoms. The van der Waals surface area contributed by atoms with Gasteiger partial charge in [-0.1, -0.05) is 18.2 Å². The van der Waals surface area contributed by atoms with Crippen LogP contribution in [0.4, 0.5) is 0 Å². The first-order valence-electron chi connectivity index (χ1n) is 12.2. The number of hydrogen-bond acceptors (Lipinski definition) is 4. The van der Waals surface area contributed by atoms with Crippen LogP contribution in [-0.2, 0) is 0 Å². The second-order valence-electron chi connectivity index (χ2n) is 9.52. The van der Waals surface area contributed by atoms with Crippen LogP contribution in [0.2, 0.25) is 0 Å². The molecular weight excluding hydrogens is 422 g/mol. The van der Waals surface area contributed by atoms with Crippen molar-refractivity contribution < 1.29 is 4.79 Å². The highest BCUT2D eigenvalue weighted by Crippen LogP contribution is 2.39. The highest BCUT2D eigenvalue weighted by Gasteiger charge is 2.30. The summed E-state index contributed by atoms with van der Waals surface area (Å²) in [7, 11) is 0. The van der Waals surface area contributed by atoms with Crippen LogP contribution in [0.5, 0.6) is 0 Å². The fourth-order valence-electron chi connectivity index (χ4n) is 5.64. The third-order valence-electron chi connectivity index (χ3n) is 7.46. The average molecular weight is 452 g/mol. The Kier molecular flexibility index (Phi) is 5.28. The van der Waals surface area contributed by atoms with Gasteiger partial charge in [-0.2, -0.15) is 10.2 Å². The van der Waals surface area contributed by atoms with E-state index in [1.165, 1.54) is 16.8 Å². The van der Waals surface area contributed by atoms with Crippen LogP contribution >= 0.6 is 0 Å². The van der Waals surface area contributed by atoms with Crippen LogP contribution in [0.15, 0.2) is 78.5 Å². The van der Waals surface area contributed by atoms with Gasteiger partial charge in [0.15, 0.2) is 5.78 Å². The third kappa shape index (κ3) is 3.63. The number of aryl methyl sites for hydroxylation is 1. The number of hydrogen-bond donors (Lipinski definition) is 1. The minimum absolute atomic E-state index is 0.0104. The predicted molar refractivity (Wildman–Crippen MR) is 133 cm³/mol. The van der Waals surface area contributed by atoms with Crippen molar-refractivity contribution in [3.8, 4) is 0 Å². The Hall–Kier alpha value is -3.67. The lowest BCUT2D eigenvalue weighted by atomic mass is 9.83. The van der Waals surface area contributed by atoms with E-state index in [1.807, 2.05) is 41.2 Å². The number of carbonyl (C=O) groups is 1. The van der Waals surface area contributed by atoms with Crippen LogP contribution in [-0.4, -0.2) is 25.0 Å². The molecule has 1 unspecified atom stereocenters. The van der Waals surface area contributed by atoms with E-state index in [1.54, 1.807) is 10.7 Å². The van der Waals surface area contributed by atoms with Crippen LogP contribution in [0.3, 0.4) is 0 Å². The largest absolute Gasteiger partial charge is 0.365 e. The quantitative estimate of drug-likeness (QED) is 0.412. The molecule has 1 N–H and O–H groups in total. The molecule has 4 aromatic heterocycles. The Morgan fingerprint density at radius 3 is 2.88 bits per heavy atom. The molecular formula is C28H29N5O. The molecule has 0 amide bonds. The van der Waals surface area contributed by atoms with Gasteiger partial charge in [0.05, 0.1) is 28.5 Å². The standard InChI is InChI=1S/C28H29N5O/c1-19-7-6-16-33-27(19)17-25(31-33)22-13-12-20(8-4-10-24-21(22)9-5-14-29-24)28(34)23-18-30-32-15-3-2-11-26(23)32/h2-3,5-7,11,14-18,20,22,29H,4,8-10,12-13H2,1H3/t20?,22-/m0/s1. The number of fused-ring (bicyclic) bond motifs is 2. The molecule has 172 valence electrons. The maximum absolute atomic E-state index is 13.7. The highest BCUT2D eigenvalue weighted by atomic mass is 16.1. The zero-order chi connectivity index (χ0) is 23.1. The maximum Gasteiger partial charge on any atom is 0.169 e. The van der Waals surface area contributed by atoms with Crippen molar-refractivity contribution in [1.82, 2.24) is 24.5 Å². The van der Waals surface area contributed by atoms with E-state index >= 15 is 0 Å². The summed E-state index contributed by atoms with van der Waals surface area (Å²) in [4.78, 5) is 13.7. The number of Topliss-reactive ketones (excluding diaryl/α,β-unsaturated/α-hetero) is 1. The van der Waals surface area contributed by atoms with Crippen molar-refractivity contribution in [2.24, 2.45) is 5.92 Å². The number of rotatable bonds is 3. The summed E-state index contributed by atoms with van der Waals surface area (Å²) in [5, 5.41) is 12.9. The summed E-state index contributed by atoms with van der Waals surface area (Å²) in [5.41, 5.74) is 7.84. The molecule has 34 heavy (non-hydrogen) atoms. The molecule has 0 fully saturated rings. The Morgan fingerprint density at radius 1 is 1.06 bits per heavy atom. The van der Waals surface area contributed by atoms with Crippen LogP contribution in [0.1, 0.15) is 66.1 Å². The zero-order valence-corrected chi connectivity index (χ0v) is 19.4. The van der Waals surface area contributed by atoms with Gasteiger partial charge < -0.3 is 5.32 Å². The topological polar surface area (TPSA) is 63.7 Å². The molecule has 0 spiro atoms. The molecule has 4 aromatic rings. The molecule has 0 saturated heterocycles. The third-order valence-corrected chi connectivity index (χ3v) is 7.46. The molecule has 6 heteroatoms.